The molecular formula is C12H17ClN2O2. The molecule has 1 amide bonds. The molecule has 17 heavy (non-hydrogen) atoms. The Morgan fingerprint density at radius 3 is 2.88 bits per heavy atom. The smallest absolute Gasteiger partial charge is 0.220 e. The van der Waals surface area contributed by atoms with Gasteiger partial charge in [-0.1, -0.05) is 17.7 Å². The number of nitrogens with one attached hydrogen (secondary N) is 1. The van der Waals surface area contributed by atoms with Gasteiger partial charge in [0, 0.05) is 18.0 Å². The highest BCUT2D eigenvalue weighted by atomic mass is 35.5. The molecule has 0 aliphatic carbocycles. The Bertz CT molecular complexity index is 383. The van der Waals surface area contributed by atoms with Gasteiger partial charge in [-0.05, 0) is 30.7 Å². The van der Waals surface area contributed by atoms with E-state index in [4.69, 9.17) is 22.1 Å². The quantitative estimate of drug-likeness (QED) is 0.814. The maximum absolute atomic E-state index is 11.4. The molecule has 0 heterocycles. The molecule has 0 aliphatic rings. The van der Waals surface area contributed by atoms with E-state index in [9.17, 15) is 4.79 Å². The summed E-state index contributed by atoms with van der Waals surface area (Å²) in [5.41, 5.74) is 6.19. The van der Waals surface area contributed by atoms with Gasteiger partial charge in [0.1, 0.15) is 5.75 Å². The van der Waals surface area contributed by atoms with Crippen molar-refractivity contribution in [2.45, 2.75) is 19.4 Å². The number of hydrogen-bond donors (Lipinski definition) is 2. The molecule has 1 rings (SSSR count). The highest BCUT2D eigenvalue weighted by Crippen LogP contribution is 2.22. The van der Waals surface area contributed by atoms with Gasteiger partial charge in [-0.25, -0.2) is 0 Å². The second kappa shape index (κ2) is 7.14. The third-order valence-corrected chi connectivity index (χ3v) is 2.70. The summed E-state index contributed by atoms with van der Waals surface area (Å²) in [7, 11) is 1.58. The molecule has 0 saturated carbocycles. The number of amides is 1. The highest BCUT2D eigenvalue weighted by Gasteiger charge is 2.04. The Hall–Kier alpha value is -1.26. The normalized spacial score (nSPS) is 10.1. The lowest BCUT2D eigenvalue weighted by Crippen LogP contribution is -2.23. The average molecular weight is 257 g/mol. The van der Waals surface area contributed by atoms with Crippen molar-refractivity contribution in [2.75, 3.05) is 13.7 Å². The summed E-state index contributed by atoms with van der Waals surface area (Å²) in [6.07, 6.45) is 1.15. The molecule has 94 valence electrons. The lowest BCUT2D eigenvalue weighted by Gasteiger charge is -2.08. The van der Waals surface area contributed by atoms with Gasteiger partial charge in [0.15, 0.2) is 0 Å². The minimum absolute atomic E-state index is 0.0117. The number of methoxy groups -OCH3 is 1. The molecule has 0 unspecified atom stereocenters. The first-order valence-electron chi connectivity index (χ1n) is 5.46. The van der Waals surface area contributed by atoms with Crippen molar-refractivity contribution in [3.05, 3.63) is 28.8 Å². The standard InChI is InChI=1S/C12H17ClN2O2/c1-17-10-5-4-9(11(13)7-10)8-15-12(16)3-2-6-14/h4-5,7H,2-3,6,8,14H2,1H3,(H,15,16). The van der Waals surface area contributed by atoms with Crippen LogP contribution in [0, 0.1) is 0 Å². The van der Waals surface area contributed by atoms with Gasteiger partial charge in [0.05, 0.1) is 7.11 Å². The monoisotopic (exact) mass is 256 g/mol. The minimum Gasteiger partial charge on any atom is -0.497 e. The molecule has 1 aromatic carbocycles. The SMILES string of the molecule is COc1ccc(CNC(=O)CCCN)c(Cl)c1. The van der Waals surface area contributed by atoms with Gasteiger partial charge in [-0.3, -0.25) is 4.79 Å². The Balaban J connectivity index is 2.49. The molecular weight excluding hydrogens is 240 g/mol. The Kier molecular flexibility index (Phi) is 5.80. The molecule has 0 radical (unpaired) electrons. The third-order valence-electron chi connectivity index (χ3n) is 2.34. The number of rotatable bonds is 6. The number of benzene rings is 1. The number of nitrogens with two attached hydrogens (primary N) is 1. The fourth-order valence-corrected chi connectivity index (χ4v) is 1.58. The molecule has 0 aromatic heterocycles. The Morgan fingerprint density at radius 2 is 2.29 bits per heavy atom. The minimum atomic E-state index is -0.0117. The summed E-state index contributed by atoms with van der Waals surface area (Å²) in [5, 5.41) is 3.38. The summed E-state index contributed by atoms with van der Waals surface area (Å²) in [6.45, 7) is 0.947. The molecule has 4 nitrogen and oxygen atoms in total. The summed E-state index contributed by atoms with van der Waals surface area (Å²) in [5.74, 6) is 0.690. The van der Waals surface area contributed by atoms with E-state index in [1.54, 1.807) is 13.2 Å². The van der Waals surface area contributed by atoms with E-state index in [2.05, 4.69) is 5.32 Å². The van der Waals surface area contributed by atoms with Gasteiger partial charge >= 0.3 is 0 Å². The van der Waals surface area contributed by atoms with Crippen molar-refractivity contribution >= 4 is 17.5 Å². The number of ether oxygens (including phenoxy) is 1. The molecule has 0 atom stereocenters. The van der Waals surface area contributed by atoms with Crippen molar-refractivity contribution in [3.63, 3.8) is 0 Å². The van der Waals surface area contributed by atoms with E-state index in [0.29, 0.717) is 36.7 Å². The number of carbonyl (C=O) groups is 1. The van der Waals surface area contributed by atoms with E-state index in [1.807, 2.05) is 12.1 Å². The predicted octanol–water partition coefficient (Wildman–Crippen LogP) is 1.70. The van der Waals surface area contributed by atoms with Crippen LogP contribution in [0.4, 0.5) is 0 Å². The van der Waals surface area contributed by atoms with E-state index < -0.39 is 0 Å². The van der Waals surface area contributed by atoms with Crippen molar-refractivity contribution in [3.8, 4) is 5.75 Å². The van der Waals surface area contributed by atoms with Gasteiger partial charge in [-0.2, -0.15) is 0 Å². The van der Waals surface area contributed by atoms with Crippen LogP contribution < -0.4 is 15.8 Å². The zero-order valence-electron chi connectivity index (χ0n) is 9.83. The van der Waals surface area contributed by atoms with Crippen LogP contribution in [-0.2, 0) is 11.3 Å². The van der Waals surface area contributed by atoms with Crippen LogP contribution in [0.15, 0.2) is 18.2 Å². The largest absolute Gasteiger partial charge is 0.497 e. The average Bonchev–Trinajstić information content (AvgIpc) is 2.34. The van der Waals surface area contributed by atoms with Gasteiger partial charge in [0.2, 0.25) is 5.91 Å². The van der Waals surface area contributed by atoms with Crippen molar-refractivity contribution in [1.82, 2.24) is 5.32 Å². The molecule has 0 aliphatic heterocycles. The molecule has 3 N–H and O–H groups in total. The van der Waals surface area contributed by atoms with Crippen LogP contribution in [0.25, 0.3) is 0 Å². The van der Waals surface area contributed by atoms with Gasteiger partial charge in [0.25, 0.3) is 0 Å². The Morgan fingerprint density at radius 1 is 1.53 bits per heavy atom. The summed E-state index contributed by atoms with van der Waals surface area (Å²) in [6, 6.07) is 5.38. The number of hydrogen-bond acceptors (Lipinski definition) is 3. The molecule has 1 aromatic rings. The molecule has 0 bridgehead atoms. The molecule has 0 spiro atoms. The molecule has 0 fully saturated rings. The van der Waals surface area contributed by atoms with E-state index in [1.165, 1.54) is 0 Å². The van der Waals surface area contributed by atoms with Crippen LogP contribution in [0.3, 0.4) is 0 Å². The number of halogens is 1. The lowest BCUT2D eigenvalue weighted by atomic mass is 10.2. The fourth-order valence-electron chi connectivity index (χ4n) is 1.34. The van der Waals surface area contributed by atoms with Crippen LogP contribution in [-0.4, -0.2) is 19.6 Å². The molecule has 0 saturated heterocycles. The van der Waals surface area contributed by atoms with E-state index >= 15 is 0 Å². The second-order valence-electron chi connectivity index (χ2n) is 3.63. The first-order valence-corrected chi connectivity index (χ1v) is 5.84. The second-order valence-corrected chi connectivity index (χ2v) is 4.03. The first-order chi connectivity index (χ1) is 8.17. The zero-order chi connectivity index (χ0) is 12.7. The van der Waals surface area contributed by atoms with Crippen LogP contribution in [0.1, 0.15) is 18.4 Å². The summed E-state index contributed by atoms with van der Waals surface area (Å²) in [4.78, 5) is 11.4. The van der Waals surface area contributed by atoms with E-state index in [0.717, 1.165) is 5.56 Å². The van der Waals surface area contributed by atoms with Crippen LogP contribution in [0.2, 0.25) is 5.02 Å². The van der Waals surface area contributed by atoms with Gasteiger partial charge in [-0.15, -0.1) is 0 Å². The molecule has 5 heteroatoms. The maximum Gasteiger partial charge on any atom is 0.220 e. The van der Waals surface area contributed by atoms with E-state index in [-0.39, 0.29) is 5.91 Å². The van der Waals surface area contributed by atoms with Crippen molar-refractivity contribution in [1.29, 1.82) is 0 Å². The zero-order valence-corrected chi connectivity index (χ0v) is 10.6. The topological polar surface area (TPSA) is 64.3 Å². The summed E-state index contributed by atoms with van der Waals surface area (Å²) >= 11 is 6.04. The number of carbonyl (C=O) groups excluding carboxylic acids is 1. The first kappa shape index (κ1) is 13.8. The van der Waals surface area contributed by atoms with Crippen molar-refractivity contribution in [2.24, 2.45) is 5.73 Å². The van der Waals surface area contributed by atoms with Crippen molar-refractivity contribution < 1.29 is 9.53 Å². The highest BCUT2D eigenvalue weighted by molar-refractivity contribution is 6.31. The lowest BCUT2D eigenvalue weighted by molar-refractivity contribution is -0.121. The maximum atomic E-state index is 11.4. The Labute approximate surface area is 106 Å². The fraction of sp³-hybridized carbons (Fsp3) is 0.417. The third kappa shape index (κ3) is 4.63. The van der Waals surface area contributed by atoms with Crippen LogP contribution >= 0.6 is 11.6 Å². The van der Waals surface area contributed by atoms with Crippen LogP contribution in [0.5, 0.6) is 5.75 Å². The summed E-state index contributed by atoms with van der Waals surface area (Å²) < 4.78 is 5.04. The van der Waals surface area contributed by atoms with Gasteiger partial charge < -0.3 is 15.8 Å². The predicted molar refractivity (Wildman–Crippen MR) is 68.1 cm³/mol.